The average Bonchev–Trinajstić information content (AvgIpc) is 2.35. The van der Waals surface area contributed by atoms with E-state index in [2.05, 4.69) is 25.8 Å². The van der Waals surface area contributed by atoms with Crippen LogP contribution in [-0.2, 0) is 0 Å². The Morgan fingerprint density at radius 1 is 1.37 bits per heavy atom. The predicted octanol–water partition coefficient (Wildman–Crippen LogP) is 2.16. The standard InChI is InChI=1S/C14H19IN2O2/c1-14(2)9-17(7-6-16(14)3)13(19)10-4-5-11(15)12(18)8-10/h4-5,8,18H,6-7,9H2,1-3H3. The number of phenols is 1. The van der Waals surface area contributed by atoms with Crippen LogP contribution in [0.25, 0.3) is 0 Å². The lowest BCUT2D eigenvalue weighted by Gasteiger charge is -2.45. The van der Waals surface area contributed by atoms with E-state index >= 15 is 0 Å². The molecule has 0 spiro atoms. The van der Waals surface area contributed by atoms with Crippen molar-refractivity contribution >= 4 is 28.5 Å². The maximum absolute atomic E-state index is 12.5. The van der Waals surface area contributed by atoms with Gasteiger partial charge in [-0.15, -0.1) is 0 Å². The number of likely N-dealkylation sites (N-methyl/N-ethyl adjacent to an activating group) is 1. The van der Waals surface area contributed by atoms with E-state index in [1.807, 2.05) is 27.5 Å². The first-order valence-electron chi connectivity index (χ1n) is 6.30. The highest BCUT2D eigenvalue weighted by atomic mass is 127. The van der Waals surface area contributed by atoms with E-state index in [0.29, 0.717) is 12.1 Å². The SMILES string of the molecule is CN1CCN(C(=O)c2ccc(I)c(O)c2)CC1(C)C. The minimum Gasteiger partial charge on any atom is -0.507 e. The zero-order valence-electron chi connectivity index (χ0n) is 11.5. The molecule has 5 heteroatoms. The molecule has 1 N–H and O–H groups in total. The fourth-order valence-corrected chi connectivity index (χ4v) is 2.58. The molecule has 0 bridgehead atoms. The smallest absolute Gasteiger partial charge is 0.254 e. The number of phenolic OH excluding ortho intramolecular Hbond substituents is 1. The number of carbonyl (C=O) groups excluding carboxylic acids is 1. The zero-order chi connectivity index (χ0) is 14.2. The maximum atomic E-state index is 12.5. The largest absolute Gasteiger partial charge is 0.507 e. The summed E-state index contributed by atoms with van der Waals surface area (Å²) in [7, 11) is 2.08. The molecule has 1 heterocycles. The van der Waals surface area contributed by atoms with Crippen LogP contribution in [0.1, 0.15) is 24.2 Å². The number of hydrogen-bond donors (Lipinski definition) is 1. The predicted molar refractivity (Wildman–Crippen MR) is 83.4 cm³/mol. The molecule has 0 radical (unpaired) electrons. The van der Waals surface area contributed by atoms with Crippen LogP contribution >= 0.6 is 22.6 Å². The Hall–Kier alpha value is -0.820. The van der Waals surface area contributed by atoms with Gasteiger partial charge in [0.25, 0.3) is 5.91 Å². The third-order valence-electron chi connectivity index (χ3n) is 3.80. The highest BCUT2D eigenvalue weighted by Gasteiger charge is 2.33. The van der Waals surface area contributed by atoms with Crippen LogP contribution in [-0.4, -0.2) is 53.0 Å². The lowest BCUT2D eigenvalue weighted by atomic mass is 9.99. The fourth-order valence-electron chi connectivity index (χ4n) is 2.24. The summed E-state index contributed by atoms with van der Waals surface area (Å²) in [5.74, 6) is 0.160. The number of rotatable bonds is 1. The van der Waals surface area contributed by atoms with Crippen LogP contribution in [0.15, 0.2) is 18.2 Å². The van der Waals surface area contributed by atoms with Gasteiger partial charge in [-0.3, -0.25) is 9.69 Å². The number of amides is 1. The van der Waals surface area contributed by atoms with Crippen molar-refractivity contribution in [1.29, 1.82) is 0 Å². The number of benzene rings is 1. The van der Waals surface area contributed by atoms with Crippen LogP contribution < -0.4 is 0 Å². The molecule has 0 aliphatic carbocycles. The topological polar surface area (TPSA) is 43.8 Å². The van der Waals surface area contributed by atoms with Crippen LogP contribution in [0.2, 0.25) is 0 Å². The van der Waals surface area contributed by atoms with E-state index in [-0.39, 0.29) is 17.2 Å². The van der Waals surface area contributed by atoms with Crippen molar-refractivity contribution in [3.8, 4) is 5.75 Å². The molecule has 1 aromatic rings. The molecule has 1 aliphatic heterocycles. The molecule has 0 atom stereocenters. The van der Waals surface area contributed by atoms with Crippen LogP contribution in [0.3, 0.4) is 0 Å². The van der Waals surface area contributed by atoms with Gasteiger partial charge in [0, 0.05) is 30.7 Å². The Morgan fingerprint density at radius 3 is 2.63 bits per heavy atom. The molecule has 4 nitrogen and oxygen atoms in total. The van der Waals surface area contributed by atoms with Crippen molar-refractivity contribution in [3.63, 3.8) is 0 Å². The summed E-state index contributed by atoms with van der Waals surface area (Å²) in [4.78, 5) is 16.6. The lowest BCUT2D eigenvalue weighted by Crippen LogP contribution is -2.58. The molecule has 2 rings (SSSR count). The number of piperazine rings is 1. The zero-order valence-corrected chi connectivity index (χ0v) is 13.6. The van der Waals surface area contributed by atoms with E-state index in [0.717, 1.165) is 16.7 Å². The van der Waals surface area contributed by atoms with Crippen molar-refractivity contribution in [2.75, 3.05) is 26.7 Å². The van der Waals surface area contributed by atoms with Gasteiger partial charge in [-0.1, -0.05) is 0 Å². The van der Waals surface area contributed by atoms with Gasteiger partial charge in [-0.25, -0.2) is 0 Å². The van der Waals surface area contributed by atoms with Crippen molar-refractivity contribution in [1.82, 2.24) is 9.80 Å². The van der Waals surface area contributed by atoms with E-state index < -0.39 is 0 Å². The average molecular weight is 374 g/mol. The van der Waals surface area contributed by atoms with Crippen molar-refractivity contribution < 1.29 is 9.90 Å². The minimum atomic E-state index is -0.0147. The molecular weight excluding hydrogens is 355 g/mol. The molecule has 19 heavy (non-hydrogen) atoms. The minimum absolute atomic E-state index is 0.00660. The first-order valence-corrected chi connectivity index (χ1v) is 7.38. The summed E-state index contributed by atoms with van der Waals surface area (Å²) in [6, 6.07) is 5.09. The highest BCUT2D eigenvalue weighted by Crippen LogP contribution is 2.24. The maximum Gasteiger partial charge on any atom is 0.254 e. The molecule has 104 valence electrons. The normalized spacial score (nSPS) is 19.5. The van der Waals surface area contributed by atoms with Gasteiger partial charge in [0.1, 0.15) is 5.75 Å². The molecule has 0 unspecified atom stereocenters. The number of halogens is 1. The molecule has 0 aromatic heterocycles. The van der Waals surface area contributed by atoms with E-state index in [4.69, 9.17) is 0 Å². The Balaban J connectivity index is 2.18. The first-order chi connectivity index (χ1) is 8.81. The number of aromatic hydroxyl groups is 1. The quantitative estimate of drug-likeness (QED) is 0.767. The Kier molecular flexibility index (Phi) is 4.06. The van der Waals surface area contributed by atoms with Crippen molar-refractivity contribution in [3.05, 3.63) is 27.3 Å². The molecule has 1 aromatic carbocycles. The van der Waals surface area contributed by atoms with Gasteiger partial charge in [0.15, 0.2) is 0 Å². The molecule has 1 fully saturated rings. The van der Waals surface area contributed by atoms with Gasteiger partial charge in [-0.05, 0) is 61.7 Å². The molecular formula is C14H19IN2O2. The summed E-state index contributed by atoms with van der Waals surface area (Å²) in [5.41, 5.74) is 0.539. The highest BCUT2D eigenvalue weighted by molar-refractivity contribution is 14.1. The monoisotopic (exact) mass is 374 g/mol. The summed E-state index contributed by atoms with van der Waals surface area (Å²) in [5, 5.41) is 9.71. The van der Waals surface area contributed by atoms with Gasteiger partial charge < -0.3 is 10.0 Å². The van der Waals surface area contributed by atoms with Crippen molar-refractivity contribution in [2.45, 2.75) is 19.4 Å². The van der Waals surface area contributed by atoms with Crippen LogP contribution in [0, 0.1) is 3.57 Å². The fraction of sp³-hybridized carbons (Fsp3) is 0.500. The second kappa shape index (κ2) is 5.28. The third kappa shape index (κ3) is 3.02. The Bertz CT molecular complexity index is 502. The third-order valence-corrected chi connectivity index (χ3v) is 4.71. The van der Waals surface area contributed by atoms with Gasteiger partial charge in [0.05, 0.1) is 3.57 Å². The van der Waals surface area contributed by atoms with Crippen molar-refractivity contribution in [2.24, 2.45) is 0 Å². The first kappa shape index (κ1) is 14.6. The summed E-state index contributed by atoms with van der Waals surface area (Å²) >= 11 is 2.05. The van der Waals surface area contributed by atoms with E-state index in [9.17, 15) is 9.90 Å². The number of nitrogens with zero attached hydrogens (tertiary/aromatic N) is 2. The Morgan fingerprint density at radius 2 is 2.05 bits per heavy atom. The van der Waals surface area contributed by atoms with E-state index in [1.165, 1.54) is 0 Å². The number of hydrogen-bond acceptors (Lipinski definition) is 3. The molecule has 0 saturated carbocycles. The van der Waals surface area contributed by atoms with Crippen LogP contribution in [0.5, 0.6) is 5.75 Å². The van der Waals surface area contributed by atoms with Gasteiger partial charge >= 0.3 is 0 Å². The van der Waals surface area contributed by atoms with Crippen LogP contribution in [0.4, 0.5) is 0 Å². The Labute approximate surface area is 127 Å². The van der Waals surface area contributed by atoms with E-state index in [1.54, 1.807) is 18.2 Å². The van der Waals surface area contributed by atoms with Gasteiger partial charge in [-0.2, -0.15) is 0 Å². The number of carbonyl (C=O) groups is 1. The second-order valence-electron chi connectivity index (χ2n) is 5.63. The summed E-state index contributed by atoms with van der Waals surface area (Å²) in [6.07, 6.45) is 0. The van der Waals surface area contributed by atoms with Gasteiger partial charge in [0.2, 0.25) is 0 Å². The molecule has 1 amide bonds. The lowest BCUT2D eigenvalue weighted by molar-refractivity contribution is 0.0311. The second-order valence-corrected chi connectivity index (χ2v) is 6.79. The summed E-state index contributed by atoms with van der Waals surface area (Å²) < 4.78 is 0.757. The molecule has 1 aliphatic rings. The molecule has 1 saturated heterocycles. The summed E-state index contributed by atoms with van der Waals surface area (Å²) in [6.45, 7) is 6.57.